The third kappa shape index (κ3) is 9.51. The second-order valence-electron chi connectivity index (χ2n) is 8.80. The van der Waals surface area contributed by atoms with E-state index < -0.39 is 0 Å². The monoisotopic (exact) mass is 438 g/mol. The quantitative estimate of drug-likeness (QED) is 0.308. The van der Waals surface area contributed by atoms with Crippen LogP contribution in [-0.4, -0.2) is 25.5 Å². The number of hydrogen-bond acceptors (Lipinski definition) is 2. The first kappa shape index (κ1) is 32.0. The SMILES string of the molecule is CC.CC.CN=C1C(/C(C)=C/C=C(\C)C(C)(C)C)=CC(C)=C(/C(C)=C/C=C(C)C)C1=NC. The van der Waals surface area contributed by atoms with Gasteiger partial charge in [-0.25, -0.2) is 0 Å². The van der Waals surface area contributed by atoms with Crippen LogP contribution in [0.2, 0.25) is 0 Å². The van der Waals surface area contributed by atoms with E-state index in [0.29, 0.717) is 0 Å². The minimum Gasteiger partial charge on any atom is -0.286 e. The van der Waals surface area contributed by atoms with Gasteiger partial charge in [-0.2, -0.15) is 0 Å². The molecule has 0 aromatic carbocycles. The van der Waals surface area contributed by atoms with Crippen molar-refractivity contribution in [3.05, 3.63) is 69.4 Å². The van der Waals surface area contributed by atoms with Crippen molar-refractivity contribution in [1.29, 1.82) is 0 Å². The summed E-state index contributed by atoms with van der Waals surface area (Å²) in [4.78, 5) is 9.25. The fourth-order valence-electron chi connectivity index (χ4n) is 3.00. The van der Waals surface area contributed by atoms with Crippen LogP contribution >= 0.6 is 0 Å². The number of hydrogen-bond donors (Lipinski definition) is 0. The van der Waals surface area contributed by atoms with Crippen molar-refractivity contribution in [3.8, 4) is 0 Å². The number of aliphatic imine (C=N–C) groups is 2. The Hall–Kier alpha value is -2.22. The third-order valence-electron chi connectivity index (χ3n) is 5.17. The maximum absolute atomic E-state index is 4.63. The average Bonchev–Trinajstić information content (AvgIpc) is 2.76. The maximum Gasteiger partial charge on any atom is 0.0906 e. The summed E-state index contributed by atoms with van der Waals surface area (Å²) in [5.41, 5.74) is 10.7. The lowest BCUT2D eigenvalue weighted by atomic mass is 9.82. The van der Waals surface area contributed by atoms with Crippen LogP contribution in [0.5, 0.6) is 0 Å². The van der Waals surface area contributed by atoms with Crippen LogP contribution in [-0.2, 0) is 0 Å². The van der Waals surface area contributed by atoms with Gasteiger partial charge in [-0.3, -0.25) is 9.98 Å². The summed E-state index contributed by atoms with van der Waals surface area (Å²) in [6.07, 6.45) is 11.0. The highest BCUT2D eigenvalue weighted by Crippen LogP contribution is 2.30. The van der Waals surface area contributed by atoms with Gasteiger partial charge >= 0.3 is 0 Å². The van der Waals surface area contributed by atoms with Crippen LogP contribution in [0.4, 0.5) is 0 Å². The summed E-state index contributed by atoms with van der Waals surface area (Å²) in [6, 6.07) is 0. The van der Waals surface area contributed by atoms with Crippen molar-refractivity contribution < 1.29 is 0 Å². The summed E-state index contributed by atoms with van der Waals surface area (Å²) < 4.78 is 0. The predicted molar refractivity (Wildman–Crippen MR) is 150 cm³/mol. The smallest absolute Gasteiger partial charge is 0.0906 e. The molecule has 1 aliphatic rings. The number of allylic oxidation sites excluding steroid dienone is 12. The zero-order valence-electron chi connectivity index (χ0n) is 23.8. The molecule has 0 amide bonds. The molecule has 1 rings (SSSR count). The normalized spacial score (nSPS) is 18.0. The van der Waals surface area contributed by atoms with Crippen molar-refractivity contribution in [2.24, 2.45) is 15.4 Å². The number of nitrogens with zero attached hydrogens (tertiary/aromatic N) is 2. The highest BCUT2D eigenvalue weighted by molar-refractivity contribution is 6.56. The first-order chi connectivity index (χ1) is 14.9. The van der Waals surface area contributed by atoms with Gasteiger partial charge in [0, 0.05) is 25.2 Å². The Labute approximate surface area is 200 Å². The molecule has 32 heavy (non-hydrogen) atoms. The molecule has 0 aromatic rings. The summed E-state index contributed by atoms with van der Waals surface area (Å²) >= 11 is 0. The Balaban J connectivity index is 0. The summed E-state index contributed by atoms with van der Waals surface area (Å²) in [7, 11) is 3.71. The van der Waals surface area contributed by atoms with E-state index >= 15 is 0 Å². The van der Waals surface area contributed by atoms with Crippen molar-refractivity contribution in [2.45, 2.75) is 90.0 Å². The van der Waals surface area contributed by atoms with Gasteiger partial charge in [-0.1, -0.05) is 83.9 Å². The molecule has 0 aromatic heterocycles. The molecule has 0 N–H and O–H groups in total. The largest absolute Gasteiger partial charge is 0.286 e. The zero-order chi connectivity index (χ0) is 25.6. The van der Waals surface area contributed by atoms with Crippen molar-refractivity contribution in [2.75, 3.05) is 14.1 Å². The molecule has 180 valence electrons. The minimum absolute atomic E-state index is 0.172. The number of rotatable bonds is 4. The average molecular weight is 439 g/mol. The van der Waals surface area contributed by atoms with E-state index in [1.165, 1.54) is 33.4 Å². The molecule has 2 heteroatoms. The Morgan fingerprint density at radius 1 is 0.719 bits per heavy atom. The predicted octanol–water partition coefficient (Wildman–Crippen LogP) is 9.29. The van der Waals surface area contributed by atoms with Crippen LogP contribution < -0.4 is 0 Å². The van der Waals surface area contributed by atoms with E-state index in [0.717, 1.165) is 17.0 Å². The summed E-state index contributed by atoms with van der Waals surface area (Å²) in [5, 5.41) is 0. The molecule has 0 heterocycles. The molecule has 2 nitrogen and oxygen atoms in total. The van der Waals surface area contributed by atoms with Crippen molar-refractivity contribution in [1.82, 2.24) is 0 Å². The van der Waals surface area contributed by atoms with Crippen LogP contribution in [0.25, 0.3) is 0 Å². The van der Waals surface area contributed by atoms with E-state index in [9.17, 15) is 0 Å². The van der Waals surface area contributed by atoms with E-state index in [1.807, 2.05) is 41.8 Å². The Morgan fingerprint density at radius 3 is 1.59 bits per heavy atom. The highest BCUT2D eigenvalue weighted by Gasteiger charge is 2.25. The fourth-order valence-corrected chi connectivity index (χ4v) is 3.00. The van der Waals surface area contributed by atoms with Gasteiger partial charge in [-0.15, -0.1) is 0 Å². The van der Waals surface area contributed by atoms with E-state index in [-0.39, 0.29) is 5.41 Å². The van der Waals surface area contributed by atoms with Gasteiger partial charge in [0.25, 0.3) is 0 Å². The highest BCUT2D eigenvalue weighted by atomic mass is 14.8. The van der Waals surface area contributed by atoms with Crippen molar-refractivity contribution >= 4 is 11.4 Å². The van der Waals surface area contributed by atoms with E-state index in [1.54, 1.807) is 0 Å². The topological polar surface area (TPSA) is 24.7 Å². The molecule has 0 saturated carbocycles. The maximum atomic E-state index is 4.63. The van der Waals surface area contributed by atoms with Crippen LogP contribution in [0.15, 0.2) is 79.4 Å². The van der Waals surface area contributed by atoms with Gasteiger partial charge in [0.05, 0.1) is 11.4 Å². The van der Waals surface area contributed by atoms with Gasteiger partial charge < -0.3 is 0 Å². The first-order valence-corrected chi connectivity index (χ1v) is 12.0. The standard InChI is InChI=1S/C26H38N2.2C2H6/c1-17(2)12-13-19(4)23-20(5)16-22(24(27-10)25(23)28-11)18(3)14-15-21(6)26(7,8)9;2*1-2/h12-16H,1-11H3;2*1-2H3/b18-14+,19-13+,21-15+,27-24?,28-25?;;. The first-order valence-electron chi connectivity index (χ1n) is 12.0. The molecule has 0 unspecified atom stereocenters. The van der Waals surface area contributed by atoms with Gasteiger partial charge in [0.1, 0.15) is 0 Å². The molecule has 0 aliphatic heterocycles. The molecule has 0 atom stereocenters. The van der Waals surface area contributed by atoms with Gasteiger partial charge in [-0.05, 0) is 69.8 Å². The lowest BCUT2D eigenvalue weighted by Crippen LogP contribution is -2.25. The molecule has 0 bridgehead atoms. The molecule has 0 radical (unpaired) electrons. The Morgan fingerprint density at radius 2 is 1.19 bits per heavy atom. The Bertz CT molecular complexity index is 851. The van der Waals surface area contributed by atoms with Crippen LogP contribution in [0.1, 0.15) is 90.0 Å². The lowest BCUT2D eigenvalue weighted by Gasteiger charge is -2.24. The second kappa shape index (κ2) is 15.6. The molecular weight excluding hydrogens is 388 g/mol. The lowest BCUT2D eigenvalue weighted by molar-refractivity contribution is 0.504. The Kier molecular flexibility index (Phi) is 15.5. The summed E-state index contributed by atoms with van der Waals surface area (Å²) in [5.74, 6) is 0. The molecule has 0 fully saturated rings. The van der Waals surface area contributed by atoms with Crippen molar-refractivity contribution in [3.63, 3.8) is 0 Å². The minimum atomic E-state index is 0.172. The van der Waals surface area contributed by atoms with Gasteiger partial charge in [0.2, 0.25) is 0 Å². The van der Waals surface area contributed by atoms with E-state index in [4.69, 9.17) is 0 Å². The van der Waals surface area contributed by atoms with E-state index in [2.05, 4.69) is 103 Å². The van der Waals surface area contributed by atoms with Crippen LogP contribution in [0, 0.1) is 5.41 Å². The second-order valence-corrected chi connectivity index (χ2v) is 8.80. The summed E-state index contributed by atoms with van der Waals surface area (Å²) in [6.45, 7) is 27.6. The van der Waals surface area contributed by atoms with Gasteiger partial charge in [0.15, 0.2) is 0 Å². The molecule has 0 spiro atoms. The molecule has 0 saturated heterocycles. The molecule has 1 aliphatic carbocycles. The molecular formula is C30H50N2. The fraction of sp³-hybridized carbons (Fsp3) is 0.533. The third-order valence-corrected chi connectivity index (χ3v) is 5.17. The van der Waals surface area contributed by atoms with Crippen LogP contribution in [0.3, 0.4) is 0 Å². The zero-order valence-corrected chi connectivity index (χ0v) is 23.8.